The van der Waals surface area contributed by atoms with Gasteiger partial charge in [-0.05, 0) is 79.8 Å². The SMILES string of the molecule is CCCCCCCCc1c(Br)c(Br)c(CCCCCCCC)c2c1SCc1ccccc1CS2. The molecule has 0 spiro atoms. The van der Waals surface area contributed by atoms with E-state index in [1.165, 1.54) is 110 Å². The van der Waals surface area contributed by atoms with Crippen molar-refractivity contribution in [2.45, 2.75) is 125 Å². The molecule has 2 aromatic rings. The molecule has 3 rings (SSSR count). The minimum Gasteiger partial charge on any atom is -0.120 e. The Hall–Kier alpha value is 0.1000. The fourth-order valence-electron chi connectivity index (χ4n) is 4.79. The molecule has 0 saturated carbocycles. The average Bonchev–Trinajstić information content (AvgIpc) is 2.84. The van der Waals surface area contributed by atoms with Crippen LogP contribution in [0.25, 0.3) is 0 Å². The molecule has 34 heavy (non-hydrogen) atoms. The van der Waals surface area contributed by atoms with Gasteiger partial charge in [0, 0.05) is 30.2 Å². The van der Waals surface area contributed by atoms with E-state index in [9.17, 15) is 0 Å². The van der Waals surface area contributed by atoms with Crippen molar-refractivity contribution < 1.29 is 0 Å². The second-order valence-corrected chi connectivity index (χ2v) is 13.2. The highest BCUT2D eigenvalue weighted by molar-refractivity contribution is 9.13. The third-order valence-electron chi connectivity index (χ3n) is 6.90. The Morgan fingerprint density at radius 1 is 0.588 bits per heavy atom. The van der Waals surface area contributed by atoms with E-state index in [4.69, 9.17) is 0 Å². The van der Waals surface area contributed by atoms with Crippen LogP contribution in [-0.4, -0.2) is 0 Å². The van der Waals surface area contributed by atoms with Crippen LogP contribution in [0.1, 0.15) is 113 Å². The summed E-state index contributed by atoms with van der Waals surface area (Å²) in [5, 5.41) is 0. The highest BCUT2D eigenvalue weighted by atomic mass is 79.9. The Morgan fingerprint density at radius 3 is 1.38 bits per heavy atom. The maximum atomic E-state index is 4.05. The van der Waals surface area contributed by atoms with E-state index in [1.54, 1.807) is 20.9 Å². The van der Waals surface area contributed by atoms with Gasteiger partial charge >= 0.3 is 0 Å². The van der Waals surface area contributed by atoms with Crippen LogP contribution in [0.3, 0.4) is 0 Å². The maximum absolute atomic E-state index is 4.05. The van der Waals surface area contributed by atoms with Crippen molar-refractivity contribution in [3.8, 4) is 0 Å². The maximum Gasteiger partial charge on any atom is 0.0364 e. The molecule has 0 aromatic heterocycles. The Labute approximate surface area is 234 Å². The third kappa shape index (κ3) is 8.32. The second-order valence-electron chi connectivity index (χ2n) is 9.62. The predicted molar refractivity (Wildman–Crippen MR) is 162 cm³/mol. The van der Waals surface area contributed by atoms with Gasteiger partial charge in [0.15, 0.2) is 0 Å². The Kier molecular flexibility index (Phi) is 13.5. The zero-order chi connectivity index (χ0) is 24.2. The highest BCUT2D eigenvalue weighted by Crippen LogP contribution is 2.49. The number of rotatable bonds is 14. The van der Waals surface area contributed by atoms with Gasteiger partial charge < -0.3 is 0 Å². The van der Waals surface area contributed by atoms with Gasteiger partial charge in [-0.3, -0.25) is 0 Å². The smallest absolute Gasteiger partial charge is 0.0364 e. The number of thioether (sulfide) groups is 2. The first kappa shape index (κ1) is 28.7. The molecule has 188 valence electrons. The summed E-state index contributed by atoms with van der Waals surface area (Å²) >= 11 is 12.3. The molecule has 0 atom stereocenters. The molecule has 0 aliphatic carbocycles. The molecular weight excluding hydrogens is 584 g/mol. The molecule has 1 aliphatic heterocycles. The van der Waals surface area contributed by atoms with Crippen molar-refractivity contribution in [1.82, 2.24) is 0 Å². The van der Waals surface area contributed by atoms with Crippen molar-refractivity contribution in [2.75, 3.05) is 0 Å². The average molecular weight is 627 g/mol. The van der Waals surface area contributed by atoms with E-state index in [2.05, 4.69) is 93.5 Å². The van der Waals surface area contributed by atoms with E-state index in [0.29, 0.717) is 0 Å². The molecule has 0 saturated heterocycles. The summed E-state index contributed by atoms with van der Waals surface area (Å²) in [4.78, 5) is 3.12. The molecule has 0 nitrogen and oxygen atoms in total. The zero-order valence-corrected chi connectivity index (χ0v) is 26.0. The van der Waals surface area contributed by atoms with Gasteiger partial charge in [-0.1, -0.05) is 102 Å². The summed E-state index contributed by atoms with van der Waals surface area (Å²) in [6.07, 6.45) is 18.6. The summed E-state index contributed by atoms with van der Waals surface area (Å²) in [5.74, 6) is 2.16. The molecule has 0 N–H and O–H groups in total. The largest absolute Gasteiger partial charge is 0.120 e. The summed E-state index contributed by atoms with van der Waals surface area (Å²) in [7, 11) is 0. The fraction of sp³-hybridized carbons (Fsp3) is 0.600. The summed E-state index contributed by atoms with van der Waals surface area (Å²) < 4.78 is 2.64. The Morgan fingerprint density at radius 2 is 0.971 bits per heavy atom. The number of hydrogen-bond acceptors (Lipinski definition) is 2. The zero-order valence-electron chi connectivity index (χ0n) is 21.2. The number of fused-ring (bicyclic) bond motifs is 2. The van der Waals surface area contributed by atoms with Gasteiger partial charge in [0.25, 0.3) is 0 Å². The van der Waals surface area contributed by atoms with Crippen LogP contribution >= 0.6 is 55.4 Å². The van der Waals surface area contributed by atoms with Gasteiger partial charge in [-0.25, -0.2) is 0 Å². The van der Waals surface area contributed by atoms with E-state index in [-0.39, 0.29) is 0 Å². The molecule has 0 fully saturated rings. The third-order valence-corrected chi connectivity index (χ3v) is 11.7. The monoisotopic (exact) mass is 624 g/mol. The minimum absolute atomic E-state index is 1.08. The normalized spacial score (nSPS) is 13.3. The minimum atomic E-state index is 1.08. The topological polar surface area (TPSA) is 0 Å². The second kappa shape index (κ2) is 16.0. The lowest BCUT2D eigenvalue weighted by atomic mass is 10.0. The predicted octanol–water partition coefficient (Wildman–Crippen LogP) is 11.9. The van der Waals surface area contributed by atoms with E-state index in [0.717, 1.165) is 11.5 Å². The fourth-order valence-corrected chi connectivity index (χ4v) is 9.11. The molecule has 1 heterocycles. The van der Waals surface area contributed by atoms with E-state index in [1.807, 2.05) is 0 Å². The van der Waals surface area contributed by atoms with Crippen LogP contribution in [0.4, 0.5) is 0 Å². The van der Waals surface area contributed by atoms with Gasteiger partial charge in [-0.2, -0.15) is 0 Å². The summed E-state index contributed by atoms with van der Waals surface area (Å²) in [5.41, 5.74) is 6.10. The standard InChI is InChI=1S/C30H42Br2S2/c1-3-5-7-9-11-13-19-25-27(31)28(32)26(20-14-12-10-8-6-4-2)30-29(25)33-21-23-17-15-16-18-24(23)22-34-30/h15-18H,3-14,19-22H2,1-2H3. The number of hydrogen-bond donors (Lipinski definition) is 0. The van der Waals surface area contributed by atoms with Crippen molar-refractivity contribution in [1.29, 1.82) is 0 Å². The first-order chi connectivity index (χ1) is 16.7. The van der Waals surface area contributed by atoms with Crippen LogP contribution < -0.4 is 0 Å². The van der Waals surface area contributed by atoms with Crippen molar-refractivity contribution in [3.05, 3.63) is 55.5 Å². The van der Waals surface area contributed by atoms with Crippen molar-refractivity contribution in [2.24, 2.45) is 0 Å². The molecule has 0 unspecified atom stereocenters. The molecule has 1 aliphatic rings. The Balaban J connectivity index is 1.81. The first-order valence-corrected chi connectivity index (χ1v) is 17.1. The van der Waals surface area contributed by atoms with Crippen molar-refractivity contribution >= 4 is 55.4 Å². The van der Waals surface area contributed by atoms with Gasteiger partial charge in [0.1, 0.15) is 0 Å². The highest BCUT2D eigenvalue weighted by Gasteiger charge is 2.24. The summed E-state index contributed by atoms with van der Waals surface area (Å²) in [6, 6.07) is 9.05. The summed E-state index contributed by atoms with van der Waals surface area (Å²) in [6.45, 7) is 4.60. The molecule has 2 aromatic carbocycles. The quantitative estimate of drug-likeness (QED) is 0.191. The van der Waals surface area contributed by atoms with Crippen LogP contribution in [-0.2, 0) is 24.3 Å². The van der Waals surface area contributed by atoms with Crippen LogP contribution in [0.15, 0.2) is 43.0 Å². The Bertz CT molecular complexity index is 822. The van der Waals surface area contributed by atoms with Gasteiger partial charge in [0.2, 0.25) is 0 Å². The molecule has 0 amide bonds. The van der Waals surface area contributed by atoms with Crippen LogP contribution in [0.2, 0.25) is 0 Å². The molecule has 0 bridgehead atoms. The lowest BCUT2D eigenvalue weighted by Gasteiger charge is -2.25. The molecular formula is C30H42Br2S2. The lowest BCUT2D eigenvalue weighted by Crippen LogP contribution is -2.04. The van der Waals surface area contributed by atoms with Gasteiger partial charge in [-0.15, -0.1) is 23.5 Å². The van der Waals surface area contributed by atoms with Gasteiger partial charge in [0.05, 0.1) is 0 Å². The number of benzene rings is 2. The van der Waals surface area contributed by atoms with Crippen LogP contribution in [0.5, 0.6) is 0 Å². The van der Waals surface area contributed by atoms with E-state index >= 15 is 0 Å². The molecule has 0 radical (unpaired) electrons. The van der Waals surface area contributed by atoms with Crippen molar-refractivity contribution in [3.63, 3.8) is 0 Å². The molecule has 4 heteroatoms. The van der Waals surface area contributed by atoms with Crippen LogP contribution in [0, 0.1) is 0 Å². The van der Waals surface area contributed by atoms with E-state index < -0.39 is 0 Å². The number of halogens is 2. The number of unbranched alkanes of at least 4 members (excludes halogenated alkanes) is 10. The first-order valence-electron chi connectivity index (χ1n) is 13.5. The lowest BCUT2D eigenvalue weighted by molar-refractivity contribution is 0.601.